The zero-order valence-electron chi connectivity index (χ0n) is 17.6. The van der Waals surface area contributed by atoms with Gasteiger partial charge in [-0.1, -0.05) is 20.8 Å². The lowest BCUT2D eigenvalue weighted by Gasteiger charge is -2.46. The van der Waals surface area contributed by atoms with E-state index in [0.29, 0.717) is 6.54 Å². The number of nitrogens with zero attached hydrogens (tertiary/aromatic N) is 1. The number of rotatable bonds is 5. The van der Waals surface area contributed by atoms with Crippen LogP contribution in [0.4, 0.5) is 4.79 Å². The molecule has 1 fully saturated rings. The number of piperidine rings is 1. The van der Waals surface area contributed by atoms with E-state index in [1.807, 2.05) is 25.7 Å². The molecule has 0 unspecified atom stereocenters. The van der Waals surface area contributed by atoms with E-state index in [9.17, 15) is 4.79 Å². The van der Waals surface area contributed by atoms with Crippen molar-refractivity contribution in [2.45, 2.75) is 103 Å². The van der Waals surface area contributed by atoms with Crippen molar-refractivity contribution < 1.29 is 14.0 Å². The number of ether oxygens (including phenoxy) is 1. The lowest BCUT2D eigenvalue weighted by Crippen LogP contribution is -2.56. The molecule has 2 atom stereocenters. The highest BCUT2D eigenvalue weighted by atomic mass is 28.4. The Hall–Kier alpha value is -0.593. The van der Waals surface area contributed by atoms with Crippen molar-refractivity contribution in [1.29, 1.82) is 0 Å². The minimum absolute atomic E-state index is 0.0567. The normalized spacial score (nSPS) is 22.8. The first kappa shape index (κ1) is 22.4. The van der Waals surface area contributed by atoms with Gasteiger partial charge in [0.15, 0.2) is 8.32 Å². The third kappa shape index (κ3) is 6.57. The SMILES string of the molecule is CC(C)(C)OC(=O)N1CCC[C@H](O[Si](C)(C)C(C)(C)C)[C@H]1CCCN. The van der Waals surface area contributed by atoms with E-state index >= 15 is 0 Å². The Morgan fingerprint density at radius 1 is 1.20 bits per heavy atom. The molecule has 1 rings (SSSR count). The average Bonchev–Trinajstić information content (AvgIpc) is 2.42. The Balaban J connectivity index is 2.97. The number of likely N-dealkylation sites (tertiary alicyclic amines) is 1. The van der Waals surface area contributed by atoms with Crippen LogP contribution < -0.4 is 5.73 Å². The van der Waals surface area contributed by atoms with Gasteiger partial charge in [-0.05, 0) is 71.1 Å². The fourth-order valence-electron chi connectivity index (χ4n) is 2.93. The van der Waals surface area contributed by atoms with Crippen LogP contribution >= 0.6 is 0 Å². The lowest BCUT2D eigenvalue weighted by atomic mass is 9.95. The summed E-state index contributed by atoms with van der Waals surface area (Å²) in [5.41, 5.74) is 5.26. The highest BCUT2D eigenvalue weighted by Crippen LogP contribution is 2.39. The van der Waals surface area contributed by atoms with Gasteiger partial charge in [0.1, 0.15) is 5.60 Å². The number of hydrogen-bond acceptors (Lipinski definition) is 4. The summed E-state index contributed by atoms with van der Waals surface area (Å²) < 4.78 is 12.4. The number of carbonyl (C=O) groups excluding carboxylic acids is 1. The number of amides is 1. The van der Waals surface area contributed by atoms with Crippen molar-refractivity contribution in [1.82, 2.24) is 4.90 Å². The molecule has 1 aliphatic heterocycles. The molecular formula is C19H40N2O3Si. The summed E-state index contributed by atoms with van der Waals surface area (Å²) in [6, 6.07) is 0.0567. The Morgan fingerprint density at radius 3 is 2.28 bits per heavy atom. The third-order valence-corrected chi connectivity index (χ3v) is 9.81. The van der Waals surface area contributed by atoms with Gasteiger partial charge in [0.25, 0.3) is 0 Å². The van der Waals surface area contributed by atoms with Crippen LogP contribution in [0.25, 0.3) is 0 Å². The predicted molar refractivity (Wildman–Crippen MR) is 106 cm³/mol. The smallest absolute Gasteiger partial charge is 0.410 e. The molecule has 5 nitrogen and oxygen atoms in total. The van der Waals surface area contributed by atoms with Gasteiger partial charge >= 0.3 is 6.09 Å². The Kier molecular flexibility index (Phi) is 7.54. The van der Waals surface area contributed by atoms with Gasteiger partial charge < -0.3 is 19.8 Å². The third-order valence-electron chi connectivity index (χ3n) is 5.30. The van der Waals surface area contributed by atoms with E-state index < -0.39 is 13.9 Å². The van der Waals surface area contributed by atoms with E-state index in [0.717, 1.165) is 32.2 Å². The van der Waals surface area contributed by atoms with Crippen molar-refractivity contribution in [3.63, 3.8) is 0 Å². The van der Waals surface area contributed by atoms with E-state index in [1.54, 1.807) is 0 Å². The molecule has 148 valence electrons. The van der Waals surface area contributed by atoms with Gasteiger partial charge in [-0.15, -0.1) is 0 Å². The quantitative estimate of drug-likeness (QED) is 0.721. The molecule has 0 radical (unpaired) electrons. The molecule has 1 aliphatic rings. The van der Waals surface area contributed by atoms with Gasteiger partial charge in [0, 0.05) is 6.54 Å². The molecule has 0 saturated carbocycles. The zero-order chi connectivity index (χ0) is 19.5. The predicted octanol–water partition coefficient (Wildman–Crippen LogP) is 4.52. The second kappa shape index (κ2) is 8.40. The summed E-state index contributed by atoms with van der Waals surface area (Å²) in [6.45, 7) is 18.4. The monoisotopic (exact) mass is 372 g/mol. The first-order valence-electron chi connectivity index (χ1n) is 9.66. The van der Waals surface area contributed by atoms with Crippen LogP contribution in [0, 0.1) is 0 Å². The topological polar surface area (TPSA) is 64.8 Å². The Morgan fingerprint density at radius 2 is 1.80 bits per heavy atom. The summed E-state index contributed by atoms with van der Waals surface area (Å²) in [7, 11) is -1.89. The van der Waals surface area contributed by atoms with Gasteiger partial charge in [-0.25, -0.2) is 4.79 Å². The minimum Gasteiger partial charge on any atom is -0.444 e. The molecule has 0 aromatic carbocycles. The molecule has 0 bridgehead atoms. The van der Waals surface area contributed by atoms with Gasteiger partial charge in [0.05, 0.1) is 12.1 Å². The van der Waals surface area contributed by atoms with Gasteiger partial charge in [-0.3, -0.25) is 0 Å². The maximum atomic E-state index is 12.7. The summed E-state index contributed by atoms with van der Waals surface area (Å²) in [4.78, 5) is 14.6. The first-order chi connectivity index (χ1) is 11.3. The highest BCUT2D eigenvalue weighted by Gasteiger charge is 2.44. The van der Waals surface area contributed by atoms with Crippen molar-refractivity contribution in [2.75, 3.05) is 13.1 Å². The van der Waals surface area contributed by atoms with Crippen LogP contribution in [0.5, 0.6) is 0 Å². The Labute approximate surface area is 155 Å². The van der Waals surface area contributed by atoms with Crippen molar-refractivity contribution >= 4 is 14.4 Å². The maximum Gasteiger partial charge on any atom is 0.410 e. The molecule has 0 aromatic rings. The van der Waals surface area contributed by atoms with E-state index in [4.69, 9.17) is 14.9 Å². The summed E-state index contributed by atoms with van der Waals surface area (Å²) in [6.07, 6.45) is 3.57. The fourth-order valence-corrected chi connectivity index (χ4v) is 4.32. The maximum absolute atomic E-state index is 12.7. The first-order valence-corrected chi connectivity index (χ1v) is 12.6. The second-order valence-corrected chi connectivity index (χ2v) is 14.5. The summed E-state index contributed by atoms with van der Waals surface area (Å²) in [5, 5.41) is 0.152. The average molecular weight is 373 g/mol. The molecule has 1 amide bonds. The van der Waals surface area contributed by atoms with Crippen LogP contribution in [0.2, 0.25) is 18.1 Å². The Bertz CT molecular complexity index is 441. The van der Waals surface area contributed by atoms with Crippen LogP contribution in [-0.2, 0) is 9.16 Å². The number of hydrogen-bond donors (Lipinski definition) is 1. The fraction of sp³-hybridized carbons (Fsp3) is 0.947. The summed E-state index contributed by atoms with van der Waals surface area (Å²) >= 11 is 0. The number of carbonyl (C=O) groups is 1. The largest absolute Gasteiger partial charge is 0.444 e. The lowest BCUT2D eigenvalue weighted by molar-refractivity contribution is -0.0216. The van der Waals surface area contributed by atoms with E-state index in [2.05, 4.69) is 33.9 Å². The van der Waals surface area contributed by atoms with Crippen molar-refractivity contribution in [3.8, 4) is 0 Å². The van der Waals surface area contributed by atoms with Crippen molar-refractivity contribution in [2.24, 2.45) is 5.73 Å². The van der Waals surface area contributed by atoms with Crippen LogP contribution in [-0.4, -0.2) is 50.1 Å². The van der Waals surface area contributed by atoms with Crippen LogP contribution in [0.3, 0.4) is 0 Å². The molecule has 0 aromatic heterocycles. The summed E-state index contributed by atoms with van der Waals surface area (Å²) in [5.74, 6) is 0. The van der Waals surface area contributed by atoms with E-state index in [1.165, 1.54) is 0 Å². The van der Waals surface area contributed by atoms with Crippen molar-refractivity contribution in [3.05, 3.63) is 0 Å². The van der Waals surface area contributed by atoms with Crippen LogP contribution in [0.15, 0.2) is 0 Å². The molecule has 1 saturated heterocycles. The molecule has 2 N–H and O–H groups in total. The van der Waals surface area contributed by atoms with Gasteiger partial charge in [0.2, 0.25) is 0 Å². The highest BCUT2D eigenvalue weighted by molar-refractivity contribution is 6.74. The molecule has 6 heteroatoms. The molecule has 1 heterocycles. The minimum atomic E-state index is -1.89. The second-order valence-electron chi connectivity index (χ2n) is 9.73. The molecular weight excluding hydrogens is 332 g/mol. The molecule has 0 spiro atoms. The molecule has 0 aliphatic carbocycles. The van der Waals surface area contributed by atoms with E-state index in [-0.39, 0.29) is 23.3 Å². The standard InChI is InChI=1S/C19H40N2O3Si/c1-18(2,3)23-17(22)21-14-10-12-16(15(21)11-9-13-20)24-25(7,8)19(4,5)6/h15-16H,9-14,20H2,1-8H3/t15-,16+/m1/s1. The van der Waals surface area contributed by atoms with Gasteiger partial charge in [-0.2, -0.15) is 0 Å². The number of nitrogens with two attached hydrogens (primary N) is 1. The van der Waals surface area contributed by atoms with Crippen LogP contribution in [0.1, 0.15) is 67.2 Å². The zero-order valence-corrected chi connectivity index (χ0v) is 18.6. The molecule has 25 heavy (non-hydrogen) atoms.